The van der Waals surface area contributed by atoms with E-state index in [4.69, 9.17) is 42.6 Å². The second-order valence-electron chi connectivity index (χ2n) is 10.3. The predicted molar refractivity (Wildman–Crippen MR) is 158 cm³/mol. The van der Waals surface area contributed by atoms with Crippen LogP contribution in [0.15, 0.2) is 39.1 Å². The first-order valence-electron chi connectivity index (χ1n) is 14.3. The lowest BCUT2D eigenvalue weighted by Gasteiger charge is -2.27. The second kappa shape index (κ2) is 12.9. The highest BCUT2D eigenvalue weighted by molar-refractivity contribution is 6.08. The number of aliphatic hydroxyl groups is 1. The minimum Gasteiger partial charge on any atom is -0.492 e. The van der Waals surface area contributed by atoms with Gasteiger partial charge in [-0.05, 0) is 24.6 Å². The summed E-state index contributed by atoms with van der Waals surface area (Å²) in [5.74, 6) is -2.23. The average molecular weight is 688 g/mol. The first-order valence-corrected chi connectivity index (χ1v) is 14.3. The van der Waals surface area contributed by atoms with Crippen molar-refractivity contribution >= 4 is 11.9 Å². The van der Waals surface area contributed by atoms with Crippen molar-refractivity contribution in [1.29, 1.82) is 0 Å². The minimum absolute atomic E-state index is 0.00875. The summed E-state index contributed by atoms with van der Waals surface area (Å²) in [4.78, 5) is 56.3. The van der Waals surface area contributed by atoms with Crippen LogP contribution in [0.25, 0.3) is 21.6 Å². The molecule has 6 rings (SSSR count). The van der Waals surface area contributed by atoms with Gasteiger partial charge in [0.15, 0.2) is 41.5 Å². The highest BCUT2D eigenvalue weighted by Gasteiger charge is 2.59. The van der Waals surface area contributed by atoms with E-state index in [1.54, 1.807) is 6.92 Å². The lowest BCUT2D eigenvalue weighted by Crippen LogP contribution is -2.46. The Balaban J connectivity index is 1.55. The molecular weight excluding hydrogens is 661 g/mol. The van der Waals surface area contributed by atoms with Gasteiger partial charge in [0.2, 0.25) is 30.8 Å². The Labute approximate surface area is 273 Å². The number of alkyl halides is 1. The molecule has 2 N–H and O–H groups in total. The number of hydrogen-bond donors (Lipinski definition) is 2. The maximum absolute atomic E-state index is 16.3. The zero-order valence-corrected chi connectivity index (χ0v) is 25.8. The number of benzene rings is 2. The Bertz CT molecular complexity index is 2010. The van der Waals surface area contributed by atoms with Crippen LogP contribution < -0.4 is 39.7 Å². The number of methoxy groups -OCH3 is 2. The highest BCUT2D eigenvalue weighted by Crippen LogP contribution is 2.56. The third-order valence-electron chi connectivity index (χ3n) is 7.74. The van der Waals surface area contributed by atoms with Crippen LogP contribution in [0, 0.1) is 0 Å². The molecule has 19 nitrogen and oxygen atoms in total. The van der Waals surface area contributed by atoms with Crippen molar-refractivity contribution in [3.8, 4) is 45.6 Å². The van der Waals surface area contributed by atoms with E-state index in [9.17, 15) is 29.8 Å². The van der Waals surface area contributed by atoms with Crippen molar-refractivity contribution < 1.29 is 61.7 Å². The fourth-order valence-corrected chi connectivity index (χ4v) is 5.67. The molecule has 4 heterocycles. The van der Waals surface area contributed by atoms with Gasteiger partial charge in [0.25, 0.3) is 5.56 Å². The number of carbonyl (C=O) groups is 2. The smallest absolute Gasteiger partial charge is 0.339 e. The number of nitrogens with one attached hydrogen (secondary N) is 1. The maximum Gasteiger partial charge on any atom is 0.339 e. The topological polar surface area (TPSA) is 241 Å². The first-order chi connectivity index (χ1) is 23.6. The fraction of sp³-hybridized carbons (Fsp3) is 0.379. The zero-order chi connectivity index (χ0) is 35.0. The number of esters is 2. The molecule has 20 heteroatoms. The van der Waals surface area contributed by atoms with Crippen LogP contribution in [0.2, 0.25) is 0 Å². The lowest BCUT2D eigenvalue weighted by molar-refractivity contribution is -0.126. The van der Waals surface area contributed by atoms with Gasteiger partial charge in [0.1, 0.15) is 0 Å². The maximum atomic E-state index is 16.3. The van der Waals surface area contributed by atoms with Gasteiger partial charge in [0.05, 0.1) is 38.6 Å². The van der Waals surface area contributed by atoms with Crippen LogP contribution >= 0.6 is 0 Å². The Morgan fingerprint density at radius 1 is 1.06 bits per heavy atom. The number of H-pyrrole nitrogens is 1. The van der Waals surface area contributed by atoms with Gasteiger partial charge in [-0.15, -0.1) is 0 Å². The lowest BCUT2D eigenvalue weighted by atomic mass is 9.91. The summed E-state index contributed by atoms with van der Waals surface area (Å²) < 4.78 is 66.9. The van der Waals surface area contributed by atoms with Gasteiger partial charge in [0, 0.05) is 28.3 Å². The molecule has 2 aromatic carbocycles. The molecule has 258 valence electrons. The van der Waals surface area contributed by atoms with Gasteiger partial charge in [-0.2, -0.15) is 0 Å². The Hall–Kier alpha value is -5.98. The Morgan fingerprint density at radius 3 is 2.16 bits per heavy atom. The number of aromatic amines is 1. The summed E-state index contributed by atoms with van der Waals surface area (Å²) in [5.41, 5.74) is 3.93. The summed E-state index contributed by atoms with van der Waals surface area (Å²) in [7, 11) is 2.51. The van der Waals surface area contributed by atoms with Crippen molar-refractivity contribution in [2.45, 2.75) is 31.2 Å². The number of halogens is 1. The number of fused-ring (bicyclic) bond motifs is 2. The van der Waals surface area contributed by atoms with Gasteiger partial charge in [-0.3, -0.25) is 14.3 Å². The highest BCUT2D eigenvalue weighted by atomic mass is 19.1. The summed E-state index contributed by atoms with van der Waals surface area (Å²) in [6, 6.07) is 3.38. The van der Waals surface area contributed by atoms with Crippen LogP contribution in [0.4, 0.5) is 4.39 Å². The van der Waals surface area contributed by atoms with Crippen molar-refractivity contribution in [2.24, 2.45) is 5.11 Å². The van der Waals surface area contributed by atoms with E-state index in [-0.39, 0.29) is 71.4 Å². The molecule has 0 aliphatic carbocycles. The molecule has 3 aliphatic rings. The normalized spacial score (nSPS) is 21.5. The number of aliphatic hydroxyl groups excluding tert-OH is 1. The van der Waals surface area contributed by atoms with E-state index in [0.717, 1.165) is 12.3 Å². The third kappa shape index (κ3) is 5.36. The van der Waals surface area contributed by atoms with Crippen LogP contribution in [0.3, 0.4) is 0 Å². The Morgan fingerprint density at radius 2 is 1.65 bits per heavy atom. The molecule has 0 radical (unpaired) electrons. The SMILES string of the molecule is CCOC(=O)c1cc2c(c(OC)c1-c1c(C(=O)O[C@H]3[C@H](F)[C@H](n4ccc(=O)[nH]c4=O)O[C@@]3(CO)N=[N+]=[N-])cc3c(c1OC)OCO3)OCO2. The van der Waals surface area contributed by atoms with Gasteiger partial charge >= 0.3 is 17.6 Å². The molecule has 1 fully saturated rings. The largest absolute Gasteiger partial charge is 0.492 e. The second-order valence-corrected chi connectivity index (χ2v) is 10.3. The van der Waals surface area contributed by atoms with Gasteiger partial charge < -0.3 is 47.7 Å². The Kier molecular flexibility index (Phi) is 8.68. The molecular formula is C29H26FN5O14. The monoisotopic (exact) mass is 687 g/mol. The molecule has 0 bridgehead atoms. The quantitative estimate of drug-likeness (QED) is 0.134. The molecule has 0 saturated carbocycles. The van der Waals surface area contributed by atoms with Crippen molar-refractivity contribution in [1.82, 2.24) is 9.55 Å². The fourth-order valence-electron chi connectivity index (χ4n) is 5.67. The van der Waals surface area contributed by atoms with Gasteiger partial charge in [-0.25, -0.2) is 18.8 Å². The molecule has 1 aromatic heterocycles. The number of carbonyl (C=O) groups excluding carboxylic acids is 2. The molecule has 3 aliphatic heterocycles. The standard InChI is InChI=1S/C29H26FN5O14/c1-4-43-26(38)12-7-14-20(46-10-44-14)22(41-2)17(12)18-13(8-15-21(23(18)42-3)47-11-45-15)27(39)48-24-19(30)25(49-29(24,9-36)33-34-31)35-6-5-16(37)32-28(35)40/h5-8,19,24-25,36H,4,9-11H2,1-3H3,(H,32,37,40)/t19-,24-,25+,29+/m0/s1. The van der Waals surface area contributed by atoms with Crippen LogP contribution in [0.1, 0.15) is 33.9 Å². The summed E-state index contributed by atoms with van der Waals surface area (Å²) in [5, 5.41) is 13.7. The number of rotatable bonds is 10. The van der Waals surface area contributed by atoms with E-state index in [0.29, 0.717) is 4.57 Å². The van der Waals surface area contributed by atoms with Crippen LogP contribution in [-0.2, 0) is 14.2 Å². The van der Waals surface area contributed by atoms with Crippen LogP contribution in [-0.4, -0.2) is 85.6 Å². The number of nitrogens with zero attached hydrogens (tertiary/aromatic N) is 4. The summed E-state index contributed by atoms with van der Waals surface area (Å²) in [6.07, 6.45) is -5.71. The average Bonchev–Trinajstić information content (AvgIpc) is 3.82. The molecule has 0 unspecified atom stereocenters. The van der Waals surface area contributed by atoms with Crippen LogP contribution in [0.5, 0.6) is 34.5 Å². The predicted octanol–water partition coefficient (Wildman–Crippen LogP) is 1.95. The summed E-state index contributed by atoms with van der Waals surface area (Å²) in [6.45, 7) is -0.204. The van der Waals surface area contributed by atoms with E-state index < -0.39 is 59.6 Å². The zero-order valence-electron chi connectivity index (χ0n) is 25.8. The molecule has 0 spiro atoms. The van der Waals surface area contributed by atoms with E-state index in [1.807, 2.05) is 4.98 Å². The van der Waals surface area contributed by atoms with Crippen molar-refractivity contribution in [2.75, 3.05) is 41.0 Å². The molecule has 3 aromatic rings. The van der Waals surface area contributed by atoms with Gasteiger partial charge in [-0.1, -0.05) is 5.11 Å². The number of hydrogen-bond acceptors (Lipinski definition) is 15. The number of ether oxygens (including phenoxy) is 9. The number of aromatic nitrogens is 2. The first kappa shape index (κ1) is 32.9. The molecule has 1 saturated heterocycles. The van der Waals surface area contributed by atoms with E-state index in [2.05, 4.69) is 10.0 Å². The third-order valence-corrected chi connectivity index (χ3v) is 7.74. The van der Waals surface area contributed by atoms with E-state index >= 15 is 4.39 Å². The molecule has 4 atom stereocenters. The van der Waals surface area contributed by atoms with Crippen molar-refractivity contribution in [3.63, 3.8) is 0 Å². The number of azide groups is 1. The summed E-state index contributed by atoms with van der Waals surface area (Å²) >= 11 is 0. The minimum atomic E-state index is -2.60. The van der Waals surface area contributed by atoms with Crippen molar-refractivity contribution in [3.05, 3.63) is 66.8 Å². The van der Waals surface area contributed by atoms with E-state index in [1.165, 1.54) is 26.4 Å². The molecule has 49 heavy (non-hydrogen) atoms. The molecule has 0 amide bonds.